The summed E-state index contributed by atoms with van der Waals surface area (Å²) in [4.78, 5) is 15.5. The lowest BCUT2D eigenvalue weighted by Crippen LogP contribution is -2.25. The van der Waals surface area contributed by atoms with Crippen molar-refractivity contribution in [3.05, 3.63) is 54.1 Å². The van der Waals surface area contributed by atoms with Crippen molar-refractivity contribution < 1.29 is 9.47 Å². The van der Waals surface area contributed by atoms with Crippen LogP contribution in [0.15, 0.2) is 53.6 Å². The van der Waals surface area contributed by atoms with E-state index in [9.17, 15) is 0 Å². The van der Waals surface area contributed by atoms with Gasteiger partial charge in [0, 0.05) is 18.8 Å². The molecule has 1 aromatic heterocycles. The maximum atomic E-state index is 5.39. The Bertz CT molecular complexity index is 1020. The number of hydrogen-bond acceptors (Lipinski definition) is 9. The number of hydrazone groups is 1. The van der Waals surface area contributed by atoms with E-state index in [1.165, 1.54) is 0 Å². The molecule has 0 saturated heterocycles. The zero-order valence-corrected chi connectivity index (χ0v) is 16.9. The Morgan fingerprint density at radius 2 is 1.73 bits per heavy atom. The SMILES string of the molecule is CCN(CC)c1nc(NN=Cc2ccc3c(c2)OCO3)nc(Nc2ccccc2)n1. The van der Waals surface area contributed by atoms with Gasteiger partial charge in [-0.2, -0.15) is 20.1 Å². The number of hydrogen-bond donors (Lipinski definition) is 2. The molecule has 0 atom stereocenters. The fourth-order valence-corrected chi connectivity index (χ4v) is 2.93. The van der Waals surface area contributed by atoms with Crippen molar-refractivity contribution in [3.8, 4) is 11.5 Å². The van der Waals surface area contributed by atoms with Crippen molar-refractivity contribution in [1.82, 2.24) is 15.0 Å². The van der Waals surface area contributed by atoms with Crippen LogP contribution in [0.5, 0.6) is 11.5 Å². The van der Waals surface area contributed by atoms with E-state index in [1.807, 2.05) is 53.4 Å². The van der Waals surface area contributed by atoms with Crippen molar-refractivity contribution in [2.24, 2.45) is 5.10 Å². The first-order chi connectivity index (χ1) is 14.7. The Hall–Kier alpha value is -3.88. The largest absolute Gasteiger partial charge is 0.454 e. The molecule has 9 heteroatoms. The molecule has 0 bridgehead atoms. The van der Waals surface area contributed by atoms with E-state index in [-0.39, 0.29) is 6.79 Å². The molecule has 0 fully saturated rings. The minimum atomic E-state index is 0.240. The topological polar surface area (TPSA) is 96.8 Å². The Morgan fingerprint density at radius 3 is 2.53 bits per heavy atom. The van der Waals surface area contributed by atoms with Gasteiger partial charge in [-0.15, -0.1) is 0 Å². The third-order valence-corrected chi connectivity index (χ3v) is 4.47. The number of rotatable bonds is 8. The van der Waals surface area contributed by atoms with E-state index in [2.05, 4.69) is 44.6 Å². The fourth-order valence-electron chi connectivity index (χ4n) is 2.93. The van der Waals surface area contributed by atoms with Crippen LogP contribution in [-0.4, -0.2) is 41.0 Å². The quantitative estimate of drug-likeness (QED) is 0.433. The minimum absolute atomic E-state index is 0.240. The molecule has 0 spiro atoms. The molecular formula is C21H23N7O2. The van der Waals surface area contributed by atoms with E-state index >= 15 is 0 Å². The van der Waals surface area contributed by atoms with Crippen molar-refractivity contribution in [2.75, 3.05) is 35.5 Å². The highest BCUT2D eigenvalue weighted by Gasteiger charge is 2.13. The molecular weight excluding hydrogens is 382 g/mol. The first-order valence-corrected chi connectivity index (χ1v) is 9.77. The average molecular weight is 405 g/mol. The van der Waals surface area contributed by atoms with Crippen LogP contribution < -0.4 is 25.1 Å². The third-order valence-electron chi connectivity index (χ3n) is 4.47. The molecule has 2 heterocycles. The Labute approximate surface area is 174 Å². The van der Waals surface area contributed by atoms with Crippen LogP contribution in [0, 0.1) is 0 Å². The first-order valence-electron chi connectivity index (χ1n) is 9.77. The maximum absolute atomic E-state index is 5.39. The number of aromatic nitrogens is 3. The zero-order chi connectivity index (χ0) is 20.8. The van der Waals surface area contributed by atoms with Crippen molar-refractivity contribution in [3.63, 3.8) is 0 Å². The number of benzene rings is 2. The van der Waals surface area contributed by atoms with Crippen molar-refractivity contribution in [2.45, 2.75) is 13.8 Å². The Morgan fingerprint density at radius 1 is 0.967 bits per heavy atom. The maximum Gasteiger partial charge on any atom is 0.250 e. The van der Waals surface area contributed by atoms with Crippen LogP contribution in [0.2, 0.25) is 0 Å². The van der Waals surface area contributed by atoms with Crippen LogP contribution in [0.25, 0.3) is 0 Å². The average Bonchev–Trinajstić information content (AvgIpc) is 3.23. The van der Waals surface area contributed by atoms with Gasteiger partial charge in [0.05, 0.1) is 6.21 Å². The molecule has 1 aliphatic rings. The molecule has 30 heavy (non-hydrogen) atoms. The molecule has 154 valence electrons. The van der Waals surface area contributed by atoms with Gasteiger partial charge in [-0.3, -0.25) is 0 Å². The second kappa shape index (κ2) is 9.08. The molecule has 0 amide bonds. The van der Waals surface area contributed by atoms with Gasteiger partial charge in [0.25, 0.3) is 0 Å². The Kier molecular flexibility index (Phi) is 5.88. The summed E-state index contributed by atoms with van der Waals surface area (Å²) in [5.74, 6) is 2.81. The molecule has 0 saturated carbocycles. The standard InChI is InChI=1S/C21H23N7O2/c1-3-28(4-2)21-25-19(23-16-8-6-5-7-9-16)24-20(26-21)27-22-13-15-10-11-17-18(12-15)30-14-29-17/h5-13H,3-4,14H2,1-2H3,(H2,23,24,25,26,27). The molecule has 4 rings (SSSR count). The monoisotopic (exact) mass is 405 g/mol. The van der Waals surface area contributed by atoms with Gasteiger partial charge in [-0.25, -0.2) is 5.43 Å². The molecule has 0 unspecified atom stereocenters. The van der Waals surface area contributed by atoms with E-state index in [0.717, 1.165) is 30.1 Å². The van der Waals surface area contributed by atoms with Gasteiger partial charge < -0.3 is 19.7 Å². The van der Waals surface area contributed by atoms with Crippen LogP contribution in [0.1, 0.15) is 19.4 Å². The van der Waals surface area contributed by atoms with Gasteiger partial charge in [0.2, 0.25) is 24.6 Å². The number of nitrogens with one attached hydrogen (secondary N) is 2. The van der Waals surface area contributed by atoms with Gasteiger partial charge in [0.1, 0.15) is 0 Å². The summed E-state index contributed by atoms with van der Waals surface area (Å²) in [6.45, 7) is 5.92. The van der Waals surface area contributed by atoms with Gasteiger partial charge >= 0.3 is 0 Å². The summed E-state index contributed by atoms with van der Waals surface area (Å²) >= 11 is 0. The number of para-hydroxylation sites is 1. The second-order valence-electron chi connectivity index (χ2n) is 6.43. The van der Waals surface area contributed by atoms with Crippen LogP contribution >= 0.6 is 0 Å². The number of nitrogens with zero attached hydrogens (tertiary/aromatic N) is 5. The third kappa shape index (κ3) is 4.57. The highest BCUT2D eigenvalue weighted by atomic mass is 16.7. The molecule has 9 nitrogen and oxygen atoms in total. The lowest BCUT2D eigenvalue weighted by Gasteiger charge is -2.19. The molecule has 0 aliphatic carbocycles. The number of anilines is 4. The number of ether oxygens (including phenoxy) is 2. The lowest BCUT2D eigenvalue weighted by atomic mass is 10.2. The smallest absolute Gasteiger partial charge is 0.250 e. The highest BCUT2D eigenvalue weighted by Crippen LogP contribution is 2.32. The van der Waals surface area contributed by atoms with E-state index in [4.69, 9.17) is 9.47 Å². The predicted octanol–water partition coefficient (Wildman–Crippen LogP) is 3.64. The highest BCUT2D eigenvalue weighted by molar-refractivity contribution is 5.81. The van der Waals surface area contributed by atoms with Crippen LogP contribution in [-0.2, 0) is 0 Å². The normalized spacial score (nSPS) is 12.2. The van der Waals surface area contributed by atoms with E-state index in [0.29, 0.717) is 23.6 Å². The first kappa shape index (κ1) is 19.4. The van der Waals surface area contributed by atoms with E-state index in [1.54, 1.807) is 6.21 Å². The van der Waals surface area contributed by atoms with Crippen LogP contribution in [0.3, 0.4) is 0 Å². The van der Waals surface area contributed by atoms with Crippen molar-refractivity contribution in [1.29, 1.82) is 0 Å². The summed E-state index contributed by atoms with van der Waals surface area (Å²) in [6.07, 6.45) is 1.67. The minimum Gasteiger partial charge on any atom is -0.454 e. The summed E-state index contributed by atoms with van der Waals surface area (Å²) in [7, 11) is 0. The predicted molar refractivity (Wildman–Crippen MR) is 117 cm³/mol. The summed E-state index contributed by atoms with van der Waals surface area (Å²) in [5, 5.41) is 7.48. The summed E-state index contributed by atoms with van der Waals surface area (Å²) in [5.41, 5.74) is 4.66. The number of fused-ring (bicyclic) bond motifs is 1. The second-order valence-corrected chi connectivity index (χ2v) is 6.43. The van der Waals surface area contributed by atoms with Gasteiger partial charge in [-0.05, 0) is 49.7 Å². The Balaban J connectivity index is 1.54. The molecule has 0 radical (unpaired) electrons. The lowest BCUT2D eigenvalue weighted by molar-refractivity contribution is 0.174. The molecule has 2 aromatic carbocycles. The molecule has 1 aliphatic heterocycles. The van der Waals surface area contributed by atoms with E-state index < -0.39 is 0 Å². The van der Waals surface area contributed by atoms with Gasteiger partial charge in [0.15, 0.2) is 11.5 Å². The van der Waals surface area contributed by atoms with Crippen molar-refractivity contribution >= 4 is 29.7 Å². The van der Waals surface area contributed by atoms with Crippen LogP contribution in [0.4, 0.5) is 23.5 Å². The fraction of sp³-hybridized carbons (Fsp3) is 0.238. The van der Waals surface area contributed by atoms with Gasteiger partial charge in [-0.1, -0.05) is 18.2 Å². The summed E-state index contributed by atoms with van der Waals surface area (Å²) in [6, 6.07) is 15.4. The molecule has 2 N–H and O–H groups in total. The molecule has 3 aromatic rings. The summed E-state index contributed by atoms with van der Waals surface area (Å²) < 4.78 is 10.7. The zero-order valence-electron chi connectivity index (χ0n) is 16.9.